The van der Waals surface area contributed by atoms with E-state index in [9.17, 15) is 9.59 Å². The van der Waals surface area contributed by atoms with Crippen molar-refractivity contribution in [3.05, 3.63) is 78.0 Å². The maximum absolute atomic E-state index is 13.6. The first-order valence-corrected chi connectivity index (χ1v) is 11.9. The summed E-state index contributed by atoms with van der Waals surface area (Å²) in [6.45, 7) is 2.50. The number of hydrogen-bond acceptors (Lipinski definition) is 3. The molecule has 2 heterocycles. The van der Waals surface area contributed by atoms with Gasteiger partial charge in [0.05, 0.1) is 18.0 Å². The Kier molecular flexibility index (Phi) is 6.24. The summed E-state index contributed by atoms with van der Waals surface area (Å²) in [5.41, 5.74) is 3.33. The van der Waals surface area contributed by atoms with Crippen molar-refractivity contribution >= 4 is 11.8 Å². The summed E-state index contributed by atoms with van der Waals surface area (Å²) in [5, 5.41) is 7.88. The van der Waals surface area contributed by atoms with Crippen molar-refractivity contribution in [2.45, 2.75) is 32.2 Å². The zero-order valence-electron chi connectivity index (χ0n) is 18.8. The molecule has 1 atom stereocenters. The van der Waals surface area contributed by atoms with Gasteiger partial charge in [-0.05, 0) is 37.2 Å². The van der Waals surface area contributed by atoms with Crippen molar-refractivity contribution in [1.29, 1.82) is 0 Å². The predicted octanol–water partition coefficient (Wildman–Crippen LogP) is 3.98. The van der Waals surface area contributed by atoms with E-state index >= 15 is 0 Å². The van der Waals surface area contributed by atoms with Gasteiger partial charge >= 0.3 is 0 Å². The molecule has 1 aliphatic carbocycles. The molecular formula is C27H30N4O2. The lowest BCUT2D eigenvalue weighted by molar-refractivity contribution is -0.126. The highest BCUT2D eigenvalue weighted by Crippen LogP contribution is 2.28. The van der Waals surface area contributed by atoms with E-state index in [0.717, 1.165) is 30.5 Å². The van der Waals surface area contributed by atoms with Crippen LogP contribution in [-0.4, -0.2) is 46.1 Å². The van der Waals surface area contributed by atoms with Crippen molar-refractivity contribution < 1.29 is 9.59 Å². The van der Waals surface area contributed by atoms with Crippen LogP contribution in [-0.2, 0) is 11.3 Å². The average Bonchev–Trinajstić information content (AvgIpc) is 3.61. The lowest BCUT2D eigenvalue weighted by Gasteiger charge is -2.32. The number of carbonyl (C=O) groups excluding carboxylic acids is 2. The fourth-order valence-electron chi connectivity index (χ4n) is 4.50. The zero-order chi connectivity index (χ0) is 22.6. The van der Waals surface area contributed by atoms with Crippen molar-refractivity contribution in [3.8, 4) is 11.3 Å². The Hall–Kier alpha value is -3.41. The molecule has 2 aliphatic rings. The smallest absolute Gasteiger partial charge is 0.257 e. The van der Waals surface area contributed by atoms with Crippen LogP contribution >= 0.6 is 0 Å². The number of likely N-dealkylation sites (tertiary alicyclic amines) is 1. The van der Waals surface area contributed by atoms with Crippen molar-refractivity contribution in [3.63, 3.8) is 0 Å². The Labute approximate surface area is 194 Å². The second-order valence-corrected chi connectivity index (χ2v) is 9.22. The highest BCUT2D eigenvalue weighted by Gasteiger charge is 2.32. The van der Waals surface area contributed by atoms with Crippen molar-refractivity contribution in [2.24, 2.45) is 11.8 Å². The molecule has 1 aromatic heterocycles. The fourth-order valence-corrected chi connectivity index (χ4v) is 4.50. The van der Waals surface area contributed by atoms with Gasteiger partial charge in [0, 0.05) is 31.4 Å². The van der Waals surface area contributed by atoms with E-state index < -0.39 is 0 Å². The molecule has 6 nitrogen and oxygen atoms in total. The Morgan fingerprint density at radius 3 is 2.42 bits per heavy atom. The molecule has 2 aromatic carbocycles. The van der Waals surface area contributed by atoms with Crippen LogP contribution < -0.4 is 5.32 Å². The maximum Gasteiger partial charge on any atom is 0.257 e. The molecule has 0 radical (unpaired) electrons. The Morgan fingerprint density at radius 1 is 0.970 bits per heavy atom. The molecule has 3 aromatic rings. The SMILES string of the molecule is O=C(NCC1CC1)C1CCCN(C(=O)c2cn(Cc3ccccc3)nc2-c2ccccc2)C1. The first-order valence-electron chi connectivity index (χ1n) is 11.9. The van der Waals surface area contributed by atoms with E-state index in [1.807, 2.05) is 64.3 Å². The van der Waals surface area contributed by atoms with Crippen LogP contribution in [0.5, 0.6) is 0 Å². The minimum atomic E-state index is -0.138. The lowest BCUT2D eigenvalue weighted by Crippen LogP contribution is -2.45. The summed E-state index contributed by atoms with van der Waals surface area (Å²) >= 11 is 0. The molecule has 33 heavy (non-hydrogen) atoms. The molecule has 6 heteroatoms. The standard InChI is InChI=1S/C27H30N4O2/c32-26(28-16-20-13-14-20)23-12-7-15-30(18-23)27(33)24-19-31(17-21-8-3-1-4-9-21)29-25(24)22-10-5-2-6-11-22/h1-6,8-11,19-20,23H,7,12-18H2,(H,28,32). The van der Waals surface area contributed by atoms with Gasteiger partial charge in [0.15, 0.2) is 0 Å². The second kappa shape index (κ2) is 9.61. The summed E-state index contributed by atoms with van der Waals surface area (Å²) in [4.78, 5) is 28.1. The van der Waals surface area contributed by atoms with Gasteiger partial charge in [0.1, 0.15) is 5.69 Å². The highest BCUT2D eigenvalue weighted by atomic mass is 16.2. The molecule has 0 bridgehead atoms. The van der Waals surface area contributed by atoms with Gasteiger partial charge in [-0.15, -0.1) is 0 Å². The number of piperidine rings is 1. The van der Waals surface area contributed by atoms with E-state index in [-0.39, 0.29) is 17.7 Å². The number of rotatable bonds is 7. The number of nitrogens with zero attached hydrogens (tertiary/aromatic N) is 3. The number of amides is 2. The van der Waals surface area contributed by atoms with Crippen LogP contribution in [0.25, 0.3) is 11.3 Å². The van der Waals surface area contributed by atoms with Gasteiger partial charge in [-0.3, -0.25) is 14.3 Å². The van der Waals surface area contributed by atoms with Gasteiger partial charge in [-0.1, -0.05) is 60.7 Å². The molecule has 1 saturated carbocycles. The molecule has 2 fully saturated rings. The van der Waals surface area contributed by atoms with Crippen LogP contribution in [0.1, 0.15) is 41.6 Å². The quantitative estimate of drug-likeness (QED) is 0.602. The minimum absolute atomic E-state index is 0.0483. The molecular weight excluding hydrogens is 412 g/mol. The van der Waals surface area contributed by atoms with Crippen LogP contribution in [0.2, 0.25) is 0 Å². The van der Waals surface area contributed by atoms with Crippen LogP contribution in [0.3, 0.4) is 0 Å². The first-order chi connectivity index (χ1) is 16.2. The summed E-state index contributed by atoms with van der Waals surface area (Å²) in [5.74, 6) is 0.551. The van der Waals surface area contributed by atoms with E-state index in [0.29, 0.717) is 36.8 Å². The minimum Gasteiger partial charge on any atom is -0.356 e. The normalized spacial score (nSPS) is 18.2. The van der Waals surface area contributed by atoms with Crippen LogP contribution in [0, 0.1) is 11.8 Å². The van der Waals surface area contributed by atoms with Gasteiger partial charge in [-0.25, -0.2) is 0 Å². The fraction of sp³-hybridized carbons (Fsp3) is 0.370. The van der Waals surface area contributed by atoms with Crippen molar-refractivity contribution in [2.75, 3.05) is 19.6 Å². The number of benzene rings is 2. The van der Waals surface area contributed by atoms with Crippen LogP contribution in [0.4, 0.5) is 0 Å². The van der Waals surface area contributed by atoms with Gasteiger partial charge in [0.2, 0.25) is 5.91 Å². The summed E-state index contributed by atoms with van der Waals surface area (Å²) in [6.07, 6.45) is 5.95. The third-order valence-electron chi connectivity index (χ3n) is 6.57. The van der Waals surface area contributed by atoms with E-state index in [1.54, 1.807) is 0 Å². The summed E-state index contributed by atoms with van der Waals surface area (Å²) < 4.78 is 1.84. The van der Waals surface area contributed by atoms with Gasteiger partial charge in [-0.2, -0.15) is 5.10 Å². The monoisotopic (exact) mass is 442 g/mol. The molecule has 5 rings (SSSR count). The molecule has 1 N–H and O–H groups in total. The Bertz CT molecular complexity index is 1110. The molecule has 2 amide bonds. The summed E-state index contributed by atoms with van der Waals surface area (Å²) in [6, 6.07) is 20.0. The lowest BCUT2D eigenvalue weighted by atomic mass is 9.96. The van der Waals surface area contributed by atoms with Crippen molar-refractivity contribution in [1.82, 2.24) is 20.0 Å². The molecule has 0 spiro atoms. The average molecular weight is 443 g/mol. The number of aromatic nitrogens is 2. The van der Waals surface area contributed by atoms with E-state index in [1.165, 1.54) is 12.8 Å². The highest BCUT2D eigenvalue weighted by molar-refractivity contribution is 6.00. The molecule has 1 unspecified atom stereocenters. The molecule has 1 saturated heterocycles. The van der Waals surface area contributed by atoms with Crippen LogP contribution in [0.15, 0.2) is 66.9 Å². The second-order valence-electron chi connectivity index (χ2n) is 9.22. The molecule has 1 aliphatic heterocycles. The number of carbonyl (C=O) groups is 2. The maximum atomic E-state index is 13.6. The first kappa shape index (κ1) is 21.4. The topological polar surface area (TPSA) is 67.2 Å². The zero-order valence-corrected chi connectivity index (χ0v) is 18.8. The third-order valence-corrected chi connectivity index (χ3v) is 6.57. The molecule has 170 valence electrons. The van der Waals surface area contributed by atoms with Gasteiger partial charge < -0.3 is 10.2 Å². The van der Waals surface area contributed by atoms with E-state index in [2.05, 4.69) is 17.4 Å². The van der Waals surface area contributed by atoms with E-state index in [4.69, 9.17) is 5.10 Å². The Balaban J connectivity index is 1.37. The predicted molar refractivity (Wildman–Crippen MR) is 128 cm³/mol. The third kappa shape index (κ3) is 5.16. The number of hydrogen-bond donors (Lipinski definition) is 1. The summed E-state index contributed by atoms with van der Waals surface area (Å²) in [7, 11) is 0. The Morgan fingerprint density at radius 2 is 1.70 bits per heavy atom. The largest absolute Gasteiger partial charge is 0.356 e. The number of nitrogens with one attached hydrogen (secondary N) is 1. The van der Waals surface area contributed by atoms with Gasteiger partial charge in [0.25, 0.3) is 5.91 Å².